The van der Waals surface area contributed by atoms with Crippen molar-refractivity contribution in [2.24, 2.45) is 5.41 Å². The van der Waals surface area contributed by atoms with Gasteiger partial charge >= 0.3 is 5.97 Å². The maximum absolute atomic E-state index is 13.7. The first-order valence-electron chi connectivity index (χ1n) is 10.3. The fourth-order valence-corrected chi connectivity index (χ4v) is 4.87. The first kappa shape index (κ1) is 24.6. The number of halogens is 2. The molecule has 1 N–H and O–H groups in total. The van der Waals surface area contributed by atoms with E-state index in [2.05, 4.69) is 16.7 Å². The van der Waals surface area contributed by atoms with Crippen molar-refractivity contribution >= 4 is 52.1 Å². The van der Waals surface area contributed by atoms with Gasteiger partial charge in [-0.2, -0.15) is 0 Å². The number of amides is 1. The minimum atomic E-state index is -1.08. The van der Waals surface area contributed by atoms with Crippen molar-refractivity contribution in [1.29, 1.82) is 0 Å². The van der Waals surface area contributed by atoms with E-state index in [-0.39, 0.29) is 27.3 Å². The van der Waals surface area contributed by atoms with E-state index < -0.39 is 5.97 Å². The summed E-state index contributed by atoms with van der Waals surface area (Å²) in [5, 5.41) is 10.6. The van der Waals surface area contributed by atoms with E-state index in [1.54, 1.807) is 23.1 Å². The standard InChI is InChI=1S/C24H26Cl2N2O3S/c1-24(2,3)10-7-17-14-20(21(32-17)23(30)31)28(16-8-11-27(4)12-9-16)22(29)18-6-5-15(25)13-19(18)26/h5-6,13-14,16H,8-9,11-12H2,1-4H3,(H,30,31). The molecule has 1 aromatic carbocycles. The van der Waals surface area contributed by atoms with Crippen molar-refractivity contribution in [1.82, 2.24) is 4.90 Å². The molecule has 5 nitrogen and oxygen atoms in total. The molecule has 0 unspecified atom stereocenters. The number of anilines is 1. The normalized spacial score (nSPS) is 15.2. The van der Waals surface area contributed by atoms with Gasteiger partial charge in [-0.15, -0.1) is 11.3 Å². The van der Waals surface area contributed by atoms with Gasteiger partial charge in [-0.25, -0.2) is 4.79 Å². The molecule has 1 aromatic heterocycles. The molecule has 0 aliphatic carbocycles. The average molecular weight is 493 g/mol. The number of carbonyl (C=O) groups is 2. The maximum atomic E-state index is 13.7. The number of carbonyl (C=O) groups excluding carboxylic acids is 1. The van der Waals surface area contributed by atoms with Crippen molar-refractivity contribution in [3.8, 4) is 11.8 Å². The summed E-state index contributed by atoms with van der Waals surface area (Å²) in [5.74, 6) is 4.80. The van der Waals surface area contributed by atoms with Gasteiger partial charge in [0.05, 0.1) is 21.2 Å². The van der Waals surface area contributed by atoms with Crippen LogP contribution in [-0.2, 0) is 0 Å². The molecule has 2 aromatic rings. The van der Waals surface area contributed by atoms with E-state index in [4.69, 9.17) is 23.2 Å². The minimum absolute atomic E-state index is 0.0978. The number of aromatic carboxylic acids is 1. The number of thiophene rings is 1. The number of hydrogen-bond acceptors (Lipinski definition) is 4. The molecule has 8 heteroatoms. The summed E-state index contributed by atoms with van der Waals surface area (Å²) in [5.41, 5.74) is 0.430. The second-order valence-electron chi connectivity index (χ2n) is 8.96. The molecule has 32 heavy (non-hydrogen) atoms. The number of carboxylic acids is 1. The van der Waals surface area contributed by atoms with Crippen LogP contribution < -0.4 is 4.90 Å². The molecule has 0 saturated carbocycles. The third-order valence-electron chi connectivity index (χ3n) is 5.16. The summed E-state index contributed by atoms with van der Waals surface area (Å²) in [7, 11) is 2.03. The SMILES string of the molecule is CN1CCC(N(C(=O)c2ccc(Cl)cc2Cl)c2cc(C#CC(C)(C)C)sc2C(=O)O)CC1. The molecule has 1 aliphatic rings. The number of nitrogens with zero attached hydrogens (tertiary/aromatic N) is 2. The Hall–Kier alpha value is -2.04. The van der Waals surface area contributed by atoms with E-state index in [0.29, 0.717) is 21.2 Å². The Morgan fingerprint density at radius 2 is 1.84 bits per heavy atom. The molecule has 1 saturated heterocycles. The fourth-order valence-electron chi connectivity index (χ4n) is 3.54. The number of hydrogen-bond donors (Lipinski definition) is 1. The van der Waals surface area contributed by atoms with Crippen molar-refractivity contribution < 1.29 is 14.7 Å². The van der Waals surface area contributed by atoms with Crippen LogP contribution in [0, 0.1) is 17.3 Å². The number of carboxylic acid groups (broad SMARTS) is 1. The van der Waals surface area contributed by atoms with Crippen LogP contribution in [0.3, 0.4) is 0 Å². The average Bonchev–Trinajstić information content (AvgIpc) is 3.12. The highest BCUT2D eigenvalue weighted by atomic mass is 35.5. The van der Waals surface area contributed by atoms with Crippen LogP contribution in [0.25, 0.3) is 0 Å². The second-order valence-corrected chi connectivity index (χ2v) is 10.9. The van der Waals surface area contributed by atoms with Gasteiger partial charge in [0.2, 0.25) is 0 Å². The van der Waals surface area contributed by atoms with E-state index in [1.165, 1.54) is 6.07 Å². The van der Waals surface area contributed by atoms with E-state index in [9.17, 15) is 14.7 Å². The Kier molecular flexibility index (Phi) is 7.57. The van der Waals surface area contributed by atoms with Crippen LogP contribution >= 0.6 is 34.5 Å². The van der Waals surface area contributed by atoms with Crippen LogP contribution in [0.2, 0.25) is 10.0 Å². The first-order chi connectivity index (χ1) is 15.0. The van der Waals surface area contributed by atoms with Gasteiger partial charge in [0, 0.05) is 16.5 Å². The lowest BCUT2D eigenvalue weighted by atomic mass is 9.98. The molecular formula is C24H26Cl2N2O3S. The maximum Gasteiger partial charge on any atom is 0.348 e. The Morgan fingerprint density at radius 3 is 2.41 bits per heavy atom. The molecular weight excluding hydrogens is 467 g/mol. The number of likely N-dealkylation sites (tertiary alicyclic amines) is 1. The van der Waals surface area contributed by atoms with Gasteiger partial charge in [0.25, 0.3) is 5.91 Å². The Bertz CT molecular complexity index is 1090. The van der Waals surface area contributed by atoms with Crippen LogP contribution in [0.15, 0.2) is 24.3 Å². The first-order valence-corrected chi connectivity index (χ1v) is 11.9. The van der Waals surface area contributed by atoms with E-state index in [1.807, 2.05) is 27.8 Å². The fraction of sp³-hybridized carbons (Fsp3) is 0.417. The van der Waals surface area contributed by atoms with E-state index >= 15 is 0 Å². The van der Waals surface area contributed by atoms with Gasteiger partial charge in [0.1, 0.15) is 4.88 Å². The summed E-state index contributed by atoms with van der Waals surface area (Å²) in [6.45, 7) is 7.59. The van der Waals surface area contributed by atoms with Gasteiger partial charge in [0.15, 0.2) is 0 Å². The zero-order valence-corrected chi connectivity index (χ0v) is 20.9. The van der Waals surface area contributed by atoms with Crippen LogP contribution in [-0.4, -0.2) is 48.1 Å². The smallest absolute Gasteiger partial charge is 0.348 e. The molecule has 0 bridgehead atoms. The summed E-state index contributed by atoms with van der Waals surface area (Å²) in [4.78, 5) is 30.3. The lowest BCUT2D eigenvalue weighted by Crippen LogP contribution is -2.47. The molecule has 0 atom stereocenters. The van der Waals surface area contributed by atoms with Crippen LogP contribution in [0.5, 0.6) is 0 Å². The van der Waals surface area contributed by atoms with Crippen molar-refractivity contribution in [2.75, 3.05) is 25.0 Å². The third-order valence-corrected chi connectivity index (χ3v) is 6.74. The largest absolute Gasteiger partial charge is 0.477 e. The second kappa shape index (κ2) is 9.84. The molecule has 170 valence electrons. The molecule has 3 rings (SSSR count). The highest BCUT2D eigenvalue weighted by Gasteiger charge is 2.34. The number of rotatable bonds is 4. The molecule has 0 spiro atoms. The molecule has 0 radical (unpaired) electrons. The third kappa shape index (κ3) is 5.85. The van der Waals surface area contributed by atoms with Crippen LogP contribution in [0.1, 0.15) is 58.5 Å². The van der Waals surface area contributed by atoms with Gasteiger partial charge < -0.3 is 14.9 Å². The van der Waals surface area contributed by atoms with E-state index in [0.717, 1.165) is 37.3 Å². The molecule has 1 aliphatic heterocycles. The summed E-state index contributed by atoms with van der Waals surface area (Å²) < 4.78 is 0. The molecule has 1 fully saturated rings. The number of benzene rings is 1. The van der Waals surface area contributed by atoms with Crippen molar-refractivity contribution in [2.45, 2.75) is 39.7 Å². The quantitative estimate of drug-likeness (QED) is 0.540. The Morgan fingerprint density at radius 1 is 1.19 bits per heavy atom. The lowest BCUT2D eigenvalue weighted by Gasteiger charge is -2.37. The minimum Gasteiger partial charge on any atom is -0.477 e. The molecule has 1 amide bonds. The van der Waals surface area contributed by atoms with Crippen molar-refractivity contribution in [3.05, 3.63) is 49.6 Å². The zero-order chi connectivity index (χ0) is 23.6. The lowest BCUT2D eigenvalue weighted by molar-refractivity contribution is 0.0702. The highest BCUT2D eigenvalue weighted by molar-refractivity contribution is 7.15. The predicted octanol–water partition coefficient (Wildman–Crippen LogP) is 5.89. The summed E-state index contributed by atoms with van der Waals surface area (Å²) in [6, 6.07) is 6.28. The monoisotopic (exact) mass is 492 g/mol. The van der Waals surface area contributed by atoms with Gasteiger partial charge in [-0.1, -0.05) is 35.0 Å². The molecule has 2 heterocycles. The van der Waals surface area contributed by atoms with Crippen molar-refractivity contribution in [3.63, 3.8) is 0 Å². The summed E-state index contributed by atoms with van der Waals surface area (Å²) in [6.07, 6.45) is 1.46. The van der Waals surface area contributed by atoms with Gasteiger partial charge in [-0.3, -0.25) is 4.79 Å². The predicted molar refractivity (Wildman–Crippen MR) is 131 cm³/mol. The highest BCUT2D eigenvalue weighted by Crippen LogP contribution is 2.36. The Balaban J connectivity index is 2.12. The summed E-state index contributed by atoms with van der Waals surface area (Å²) >= 11 is 13.5. The Labute approximate surface area is 202 Å². The zero-order valence-electron chi connectivity index (χ0n) is 18.5. The topological polar surface area (TPSA) is 60.9 Å². The number of piperidine rings is 1. The van der Waals surface area contributed by atoms with Gasteiger partial charge in [-0.05, 0) is 78.0 Å². The van der Waals surface area contributed by atoms with Crippen LogP contribution in [0.4, 0.5) is 5.69 Å².